The fourth-order valence-electron chi connectivity index (χ4n) is 1.34. The number of anilines is 1. The van der Waals surface area contributed by atoms with Gasteiger partial charge in [-0.3, -0.25) is 10.1 Å². The van der Waals surface area contributed by atoms with E-state index in [1.54, 1.807) is 0 Å². The van der Waals surface area contributed by atoms with E-state index in [1.807, 2.05) is 13.8 Å². The fraction of sp³-hybridized carbons (Fsp3) is 0.600. The summed E-state index contributed by atoms with van der Waals surface area (Å²) in [5, 5.41) is 22.8. The Morgan fingerprint density at radius 2 is 2.06 bits per heavy atom. The lowest BCUT2D eigenvalue weighted by Gasteiger charge is -2.13. The third kappa shape index (κ3) is 4.73. The highest BCUT2D eigenvalue weighted by Crippen LogP contribution is 2.09. The summed E-state index contributed by atoms with van der Waals surface area (Å²) in [6.45, 7) is 4.37. The summed E-state index contributed by atoms with van der Waals surface area (Å²) in [4.78, 5) is 17.4. The van der Waals surface area contributed by atoms with E-state index in [4.69, 9.17) is 0 Å². The maximum atomic E-state index is 10.4. The van der Waals surface area contributed by atoms with E-state index in [0.29, 0.717) is 18.9 Å². The molecule has 0 aliphatic carbocycles. The zero-order valence-electron chi connectivity index (χ0n) is 9.83. The lowest BCUT2D eigenvalue weighted by Crippen LogP contribution is -2.22. The molecule has 0 amide bonds. The number of rotatable bonds is 6. The smallest absolute Gasteiger partial charge is 0.305 e. The molecule has 0 aliphatic heterocycles. The molecule has 0 aromatic carbocycles. The molecule has 17 heavy (non-hydrogen) atoms. The van der Waals surface area contributed by atoms with Crippen LogP contribution in [0.2, 0.25) is 0 Å². The number of aromatic nitrogens is 2. The van der Waals surface area contributed by atoms with Gasteiger partial charge < -0.3 is 10.4 Å². The maximum Gasteiger partial charge on any atom is 0.305 e. The van der Waals surface area contributed by atoms with Gasteiger partial charge in [0.2, 0.25) is 5.95 Å². The first-order chi connectivity index (χ1) is 7.99. The molecule has 0 saturated carbocycles. The summed E-state index contributed by atoms with van der Waals surface area (Å²) in [5.41, 5.74) is -0.154. The number of nitro groups is 1. The molecular weight excluding hydrogens is 224 g/mol. The van der Waals surface area contributed by atoms with Crippen LogP contribution >= 0.6 is 0 Å². The number of nitrogens with zero attached hydrogens (tertiary/aromatic N) is 3. The van der Waals surface area contributed by atoms with Gasteiger partial charge in [0.1, 0.15) is 12.4 Å². The van der Waals surface area contributed by atoms with Crippen LogP contribution in [0.4, 0.5) is 11.6 Å². The average Bonchev–Trinajstić information content (AvgIpc) is 2.26. The van der Waals surface area contributed by atoms with Gasteiger partial charge >= 0.3 is 5.69 Å². The van der Waals surface area contributed by atoms with E-state index in [-0.39, 0.29) is 11.6 Å². The van der Waals surface area contributed by atoms with Crippen LogP contribution in [0, 0.1) is 16.0 Å². The summed E-state index contributed by atoms with van der Waals surface area (Å²) < 4.78 is 0. The van der Waals surface area contributed by atoms with Crippen molar-refractivity contribution in [3.05, 3.63) is 22.5 Å². The Hall–Kier alpha value is -1.76. The number of hydrogen-bond acceptors (Lipinski definition) is 6. The van der Waals surface area contributed by atoms with Crippen molar-refractivity contribution in [3.63, 3.8) is 0 Å². The summed E-state index contributed by atoms with van der Waals surface area (Å²) >= 11 is 0. The molecule has 7 nitrogen and oxygen atoms in total. The van der Waals surface area contributed by atoms with Gasteiger partial charge in [0, 0.05) is 6.54 Å². The molecule has 1 aromatic heterocycles. The quantitative estimate of drug-likeness (QED) is 0.572. The van der Waals surface area contributed by atoms with Crippen molar-refractivity contribution >= 4 is 11.6 Å². The summed E-state index contributed by atoms with van der Waals surface area (Å²) in [6.07, 6.45) is 2.46. The number of nitrogens with one attached hydrogen (secondary N) is 1. The van der Waals surface area contributed by atoms with Crippen molar-refractivity contribution in [1.82, 2.24) is 9.97 Å². The third-order valence-electron chi connectivity index (χ3n) is 2.09. The monoisotopic (exact) mass is 240 g/mol. The molecule has 0 spiro atoms. The molecule has 7 heteroatoms. The second-order valence-corrected chi connectivity index (χ2v) is 4.19. The molecule has 1 rings (SSSR count). The summed E-state index contributed by atoms with van der Waals surface area (Å²) in [6, 6.07) is 0. The number of aliphatic hydroxyl groups excluding tert-OH is 1. The molecule has 1 unspecified atom stereocenters. The molecule has 0 bridgehead atoms. The zero-order chi connectivity index (χ0) is 12.8. The third-order valence-corrected chi connectivity index (χ3v) is 2.09. The van der Waals surface area contributed by atoms with Crippen molar-refractivity contribution < 1.29 is 10.0 Å². The van der Waals surface area contributed by atoms with Gasteiger partial charge in [-0.05, 0) is 12.3 Å². The molecule has 1 heterocycles. The minimum atomic E-state index is -0.558. The minimum absolute atomic E-state index is 0.154. The van der Waals surface area contributed by atoms with E-state index in [9.17, 15) is 15.2 Å². The molecule has 0 saturated heterocycles. The minimum Gasteiger partial charge on any atom is -0.391 e. The lowest BCUT2D eigenvalue weighted by atomic mass is 10.1. The van der Waals surface area contributed by atoms with Gasteiger partial charge in [0.05, 0.1) is 11.0 Å². The average molecular weight is 240 g/mol. The van der Waals surface area contributed by atoms with Gasteiger partial charge in [-0.2, -0.15) is 0 Å². The lowest BCUT2D eigenvalue weighted by molar-refractivity contribution is -0.385. The Labute approximate surface area is 99.1 Å². The fourth-order valence-corrected chi connectivity index (χ4v) is 1.34. The van der Waals surface area contributed by atoms with Gasteiger partial charge in [-0.25, -0.2) is 9.97 Å². The molecule has 94 valence electrons. The van der Waals surface area contributed by atoms with E-state index in [1.165, 1.54) is 0 Å². The first kappa shape index (κ1) is 13.3. The van der Waals surface area contributed by atoms with Crippen molar-refractivity contribution in [2.75, 3.05) is 11.9 Å². The summed E-state index contributed by atoms with van der Waals surface area (Å²) in [7, 11) is 0. The molecule has 0 radical (unpaired) electrons. The van der Waals surface area contributed by atoms with Crippen LogP contribution in [-0.4, -0.2) is 32.6 Å². The van der Waals surface area contributed by atoms with E-state index in [2.05, 4.69) is 15.3 Å². The van der Waals surface area contributed by atoms with Crippen LogP contribution < -0.4 is 5.32 Å². The van der Waals surface area contributed by atoms with E-state index in [0.717, 1.165) is 12.4 Å². The predicted octanol–water partition coefficient (Wildman–Crippen LogP) is 1.20. The first-order valence-corrected chi connectivity index (χ1v) is 5.37. The Morgan fingerprint density at radius 3 is 2.53 bits per heavy atom. The van der Waals surface area contributed by atoms with Crippen LogP contribution in [0.3, 0.4) is 0 Å². The second kappa shape index (κ2) is 6.09. The van der Waals surface area contributed by atoms with Crippen molar-refractivity contribution in [1.29, 1.82) is 0 Å². The largest absolute Gasteiger partial charge is 0.391 e. The Balaban J connectivity index is 2.44. The molecule has 1 aromatic rings. The van der Waals surface area contributed by atoms with E-state index < -0.39 is 11.0 Å². The molecule has 1 atom stereocenters. The molecular formula is C10H16N4O3. The molecule has 2 N–H and O–H groups in total. The number of hydrogen-bond donors (Lipinski definition) is 2. The highest BCUT2D eigenvalue weighted by Gasteiger charge is 2.09. The van der Waals surface area contributed by atoms with Gasteiger partial charge in [0.15, 0.2) is 0 Å². The maximum absolute atomic E-state index is 10.4. The highest BCUT2D eigenvalue weighted by molar-refractivity contribution is 5.30. The topological polar surface area (TPSA) is 101 Å². The van der Waals surface area contributed by atoms with Crippen molar-refractivity contribution in [2.24, 2.45) is 5.92 Å². The standard InChI is InChI=1S/C10H16N4O3/c1-7(2)3-9(15)6-13-10-11-4-8(5-12-10)14(16)17/h4-5,7,9,15H,3,6H2,1-2H3,(H,11,12,13). The number of aliphatic hydroxyl groups is 1. The van der Waals surface area contributed by atoms with Crippen LogP contribution in [0.15, 0.2) is 12.4 Å². The summed E-state index contributed by atoms with van der Waals surface area (Å²) in [5.74, 6) is 0.683. The Kier molecular flexibility index (Phi) is 4.77. The van der Waals surface area contributed by atoms with Gasteiger partial charge in [-0.15, -0.1) is 0 Å². The predicted molar refractivity (Wildman–Crippen MR) is 62.6 cm³/mol. The Bertz CT molecular complexity index is 366. The van der Waals surface area contributed by atoms with Crippen LogP contribution in [0.1, 0.15) is 20.3 Å². The van der Waals surface area contributed by atoms with Crippen LogP contribution in [0.25, 0.3) is 0 Å². The molecule has 0 aliphatic rings. The normalized spacial score (nSPS) is 12.5. The highest BCUT2D eigenvalue weighted by atomic mass is 16.6. The van der Waals surface area contributed by atoms with Gasteiger partial charge in [0.25, 0.3) is 0 Å². The SMILES string of the molecule is CC(C)CC(O)CNc1ncc([N+](=O)[O-])cn1. The first-order valence-electron chi connectivity index (χ1n) is 5.37. The van der Waals surface area contributed by atoms with Crippen LogP contribution in [-0.2, 0) is 0 Å². The van der Waals surface area contributed by atoms with Crippen molar-refractivity contribution in [3.8, 4) is 0 Å². The van der Waals surface area contributed by atoms with Gasteiger partial charge in [-0.1, -0.05) is 13.8 Å². The second-order valence-electron chi connectivity index (χ2n) is 4.19. The Morgan fingerprint density at radius 1 is 1.47 bits per heavy atom. The van der Waals surface area contributed by atoms with E-state index >= 15 is 0 Å². The zero-order valence-corrected chi connectivity index (χ0v) is 9.83. The van der Waals surface area contributed by atoms with Crippen molar-refractivity contribution in [2.45, 2.75) is 26.4 Å². The molecule has 0 fully saturated rings. The van der Waals surface area contributed by atoms with Crippen LogP contribution in [0.5, 0.6) is 0 Å².